The quantitative estimate of drug-likeness (QED) is 0.383. The minimum atomic E-state index is -1.75. The standard InChI is InChI=1S/C9H16O6/c1-5-12-8(11)15-9(4,13-6-10)14-7(2)3/h6-7H,5H2,1-4H3. The first-order valence-corrected chi connectivity index (χ1v) is 4.58. The Balaban J connectivity index is 4.35. The van der Waals surface area contributed by atoms with Crippen LogP contribution in [0.3, 0.4) is 0 Å². The van der Waals surface area contributed by atoms with E-state index in [1.807, 2.05) is 0 Å². The lowest BCUT2D eigenvalue weighted by Gasteiger charge is -2.27. The largest absolute Gasteiger partial charge is 0.513 e. The van der Waals surface area contributed by atoms with E-state index in [1.54, 1.807) is 20.8 Å². The van der Waals surface area contributed by atoms with Crippen LogP contribution in [0.2, 0.25) is 0 Å². The second kappa shape index (κ2) is 6.23. The van der Waals surface area contributed by atoms with Gasteiger partial charge in [0.1, 0.15) is 0 Å². The number of ether oxygens (including phenoxy) is 4. The molecule has 0 aromatic carbocycles. The van der Waals surface area contributed by atoms with E-state index in [9.17, 15) is 9.59 Å². The molecule has 1 atom stereocenters. The first-order chi connectivity index (χ1) is 6.93. The maximum Gasteiger partial charge on any atom is 0.513 e. The molecule has 0 radical (unpaired) electrons. The van der Waals surface area contributed by atoms with Gasteiger partial charge in [0.25, 0.3) is 6.47 Å². The van der Waals surface area contributed by atoms with Crippen molar-refractivity contribution >= 4 is 12.6 Å². The average Bonchev–Trinajstić information content (AvgIpc) is 2.01. The summed E-state index contributed by atoms with van der Waals surface area (Å²) in [5, 5.41) is 0. The number of rotatable bonds is 6. The van der Waals surface area contributed by atoms with E-state index in [4.69, 9.17) is 9.47 Å². The van der Waals surface area contributed by atoms with E-state index in [0.29, 0.717) is 0 Å². The van der Waals surface area contributed by atoms with Crippen LogP contribution in [-0.4, -0.2) is 31.3 Å². The highest BCUT2D eigenvalue weighted by atomic mass is 16.9. The number of hydrogen-bond acceptors (Lipinski definition) is 6. The van der Waals surface area contributed by atoms with Crippen molar-refractivity contribution in [3.05, 3.63) is 0 Å². The fourth-order valence-corrected chi connectivity index (χ4v) is 0.890. The van der Waals surface area contributed by atoms with E-state index >= 15 is 0 Å². The zero-order valence-electron chi connectivity index (χ0n) is 9.31. The Kier molecular flexibility index (Phi) is 5.69. The monoisotopic (exact) mass is 220 g/mol. The van der Waals surface area contributed by atoms with Crippen LogP contribution < -0.4 is 0 Å². The van der Waals surface area contributed by atoms with Crippen molar-refractivity contribution in [2.24, 2.45) is 0 Å². The van der Waals surface area contributed by atoms with Gasteiger partial charge in [0.15, 0.2) is 0 Å². The van der Waals surface area contributed by atoms with Gasteiger partial charge in [-0.05, 0) is 20.8 Å². The second-order valence-corrected chi connectivity index (χ2v) is 3.03. The molecule has 0 aliphatic rings. The Labute approximate surface area is 88.4 Å². The Morgan fingerprint density at radius 3 is 2.47 bits per heavy atom. The van der Waals surface area contributed by atoms with Crippen molar-refractivity contribution in [1.29, 1.82) is 0 Å². The molecule has 0 aromatic rings. The molecule has 0 spiro atoms. The van der Waals surface area contributed by atoms with Crippen LogP contribution in [0.5, 0.6) is 0 Å². The lowest BCUT2D eigenvalue weighted by molar-refractivity contribution is -0.338. The molecule has 0 aliphatic heterocycles. The maximum absolute atomic E-state index is 11.0. The topological polar surface area (TPSA) is 71.1 Å². The van der Waals surface area contributed by atoms with Crippen molar-refractivity contribution in [3.8, 4) is 0 Å². The Morgan fingerprint density at radius 1 is 1.47 bits per heavy atom. The van der Waals surface area contributed by atoms with Crippen LogP contribution in [0.1, 0.15) is 27.7 Å². The van der Waals surface area contributed by atoms with Crippen LogP contribution in [0, 0.1) is 0 Å². The fraction of sp³-hybridized carbons (Fsp3) is 0.778. The molecule has 0 saturated heterocycles. The van der Waals surface area contributed by atoms with Gasteiger partial charge in [-0.25, -0.2) is 4.79 Å². The molecule has 0 rings (SSSR count). The molecule has 0 amide bonds. The molecule has 6 nitrogen and oxygen atoms in total. The lowest BCUT2D eigenvalue weighted by Crippen LogP contribution is -2.40. The summed E-state index contributed by atoms with van der Waals surface area (Å²) in [5.74, 6) is -1.75. The van der Waals surface area contributed by atoms with Gasteiger partial charge in [0, 0.05) is 6.92 Å². The van der Waals surface area contributed by atoms with E-state index in [2.05, 4.69) is 9.47 Å². The normalized spacial score (nSPS) is 14.2. The highest BCUT2D eigenvalue weighted by molar-refractivity contribution is 5.60. The van der Waals surface area contributed by atoms with Gasteiger partial charge in [-0.2, -0.15) is 0 Å². The van der Waals surface area contributed by atoms with E-state index < -0.39 is 12.1 Å². The molecule has 0 fully saturated rings. The fourth-order valence-electron chi connectivity index (χ4n) is 0.890. The van der Waals surface area contributed by atoms with E-state index in [-0.39, 0.29) is 19.2 Å². The smallest absolute Gasteiger partial charge is 0.434 e. The molecule has 6 heteroatoms. The van der Waals surface area contributed by atoms with Crippen molar-refractivity contribution in [3.63, 3.8) is 0 Å². The molecule has 15 heavy (non-hydrogen) atoms. The van der Waals surface area contributed by atoms with Crippen LogP contribution >= 0.6 is 0 Å². The third kappa shape index (κ3) is 5.90. The van der Waals surface area contributed by atoms with Gasteiger partial charge in [0.2, 0.25) is 0 Å². The zero-order chi connectivity index (χ0) is 11.9. The molecule has 0 saturated carbocycles. The zero-order valence-corrected chi connectivity index (χ0v) is 9.31. The summed E-state index contributed by atoms with van der Waals surface area (Å²) in [6.07, 6.45) is -1.23. The predicted molar refractivity (Wildman–Crippen MR) is 49.9 cm³/mol. The van der Waals surface area contributed by atoms with Gasteiger partial charge < -0.3 is 18.9 Å². The second-order valence-electron chi connectivity index (χ2n) is 3.03. The third-order valence-corrected chi connectivity index (χ3v) is 1.24. The summed E-state index contributed by atoms with van der Waals surface area (Å²) in [6.45, 7) is 6.65. The van der Waals surface area contributed by atoms with Crippen LogP contribution in [-0.2, 0) is 23.7 Å². The average molecular weight is 220 g/mol. The van der Waals surface area contributed by atoms with Crippen LogP contribution in [0.25, 0.3) is 0 Å². The first-order valence-electron chi connectivity index (χ1n) is 4.58. The van der Waals surface area contributed by atoms with Crippen molar-refractivity contribution in [2.75, 3.05) is 6.61 Å². The summed E-state index contributed by atoms with van der Waals surface area (Å²) in [4.78, 5) is 21.2. The first kappa shape index (κ1) is 13.7. The molecule has 0 bridgehead atoms. The predicted octanol–water partition coefficient (Wildman–Crippen LogP) is 1.43. The van der Waals surface area contributed by atoms with Crippen molar-refractivity contribution in [2.45, 2.75) is 39.8 Å². The molecule has 0 aliphatic carbocycles. The Hall–Kier alpha value is -1.30. The molecule has 1 unspecified atom stereocenters. The summed E-state index contributed by atoms with van der Waals surface area (Å²) < 4.78 is 18.9. The highest BCUT2D eigenvalue weighted by Gasteiger charge is 2.34. The van der Waals surface area contributed by atoms with Crippen molar-refractivity contribution < 1.29 is 28.5 Å². The van der Waals surface area contributed by atoms with E-state index in [1.165, 1.54) is 6.92 Å². The molecular weight excluding hydrogens is 204 g/mol. The number of carbonyl (C=O) groups excluding carboxylic acids is 2. The van der Waals surface area contributed by atoms with Gasteiger partial charge in [-0.1, -0.05) is 0 Å². The van der Waals surface area contributed by atoms with Crippen LogP contribution in [0.15, 0.2) is 0 Å². The highest BCUT2D eigenvalue weighted by Crippen LogP contribution is 2.16. The van der Waals surface area contributed by atoms with Crippen LogP contribution in [0.4, 0.5) is 4.79 Å². The summed E-state index contributed by atoms with van der Waals surface area (Å²) >= 11 is 0. The van der Waals surface area contributed by atoms with Gasteiger partial charge in [-0.3, -0.25) is 4.79 Å². The third-order valence-electron chi connectivity index (χ3n) is 1.24. The summed E-state index contributed by atoms with van der Waals surface area (Å²) in [6, 6.07) is 0. The number of hydrogen-bond donors (Lipinski definition) is 0. The Morgan fingerprint density at radius 2 is 2.07 bits per heavy atom. The van der Waals surface area contributed by atoms with E-state index in [0.717, 1.165) is 0 Å². The minimum Gasteiger partial charge on any atom is -0.434 e. The maximum atomic E-state index is 11.0. The van der Waals surface area contributed by atoms with Crippen molar-refractivity contribution in [1.82, 2.24) is 0 Å². The SMILES string of the molecule is CCOC(=O)OC(C)(OC=O)OC(C)C. The molecular formula is C9H16O6. The molecule has 0 N–H and O–H groups in total. The molecule has 88 valence electrons. The number of carbonyl (C=O) groups is 2. The minimum absolute atomic E-state index is 0.140. The Bertz CT molecular complexity index is 215. The van der Waals surface area contributed by atoms with Gasteiger partial charge in [-0.15, -0.1) is 0 Å². The lowest BCUT2D eigenvalue weighted by atomic mass is 10.5. The summed E-state index contributed by atoms with van der Waals surface area (Å²) in [7, 11) is 0. The van der Waals surface area contributed by atoms with Gasteiger partial charge in [0.05, 0.1) is 12.7 Å². The molecule has 0 aromatic heterocycles. The van der Waals surface area contributed by atoms with Gasteiger partial charge >= 0.3 is 12.1 Å². The summed E-state index contributed by atoms with van der Waals surface area (Å²) in [5.41, 5.74) is 0. The molecule has 0 heterocycles.